The number of carbonyl (C=O) groups is 1. The van der Waals surface area contributed by atoms with Gasteiger partial charge in [0.2, 0.25) is 5.91 Å². The molecule has 0 unspecified atom stereocenters. The highest BCUT2D eigenvalue weighted by atomic mass is 19.1. The molecule has 1 aliphatic carbocycles. The first-order valence-electron chi connectivity index (χ1n) is 6.46. The van der Waals surface area contributed by atoms with Crippen LogP contribution in [0.25, 0.3) is 0 Å². The van der Waals surface area contributed by atoms with Crippen molar-refractivity contribution < 1.29 is 18.7 Å². The van der Waals surface area contributed by atoms with Gasteiger partial charge in [0.15, 0.2) is 0 Å². The molecular formula is C14H17F2NO2. The van der Waals surface area contributed by atoms with E-state index in [1.54, 1.807) is 0 Å². The molecule has 0 saturated heterocycles. The van der Waals surface area contributed by atoms with Gasteiger partial charge in [0.05, 0.1) is 12.0 Å². The van der Waals surface area contributed by atoms with Crippen LogP contribution < -0.4 is 5.32 Å². The van der Waals surface area contributed by atoms with Crippen LogP contribution in [0.15, 0.2) is 18.2 Å². The van der Waals surface area contributed by atoms with Gasteiger partial charge in [0.1, 0.15) is 17.3 Å². The van der Waals surface area contributed by atoms with Crippen LogP contribution in [0.4, 0.5) is 14.5 Å². The summed E-state index contributed by atoms with van der Waals surface area (Å²) in [6, 6.07) is 3.39. The largest absolute Gasteiger partial charge is 0.389 e. The molecule has 2 N–H and O–H groups in total. The molecule has 1 amide bonds. The number of hydrogen-bond donors (Lipinski definition) is 2. The summed E-state index contributed by atoms with van der Waals surface area (Å²) < 4.78 is 26.7. The zero-order chi connectivity index (χ0) is 13.9. The van der Waals surface area contributed by atoms with Gasteiger partial charge in [-0.25, -0.2) is 8.78 Å². The van der Waals surface area contributed by atoms with Gasteiger partial charge in [-0.05, 0) is 25.0 Å². The van der Waals surface area contributed by atoms with E-state index >= 15 is 0 Å². The lowest BCUT2D eigenvalue weighted by Gasteiger charge is -2.31. The molecule has 3 nitrogen and oxygen atoms in total. The van der Waals surface area contributed by atoms with Gasteiger partial charge in [-0.2, -0.15) is 0 Å². The third-order valence-electron chi connectivity index (χ3n) is 3.50. The van der Waals surface area contributed by atoms with Crippen molar-refractivity contribution in [2.75, 3.05) is 5.32 Å². The Morgan fingerprint density at radius 1 is 1.21 bits per heavy atom. The lowest BCUT2D eigenvalue weighted by Crippen LogP contribution is -2.36. The summed E-state index contributed by atoms with van der Waals surface area (Å²) in [5, 5.41) is 12.4. The zero-order valence-corrected chi connectivity index (χ0v) is 10.6. The first kappa shape index (κ1) is 13.9. The summed E-state index contributed by atoms with van der Waals surface area (Å²) in [6.45, 7) is 0. The number of rotatable bonds is 3. The van der Waals surface area contributed by atoms with Gasteiger partial charge in [0, 0.05) is 0 Å². The highest BCUT2D eigenvalue weighted by Crippen LogP contribution is 2.31. The normalized spacial score (nSPS) is 18.1. The van der Waals surface area contributed by atoms with Crippen LogP contribution in [-0.4, -0.2) is 16.6 Å². The molecule has 19 heavy (non-hydrogen) atoms. The van der Waals surface area contributed by atoms with Crippen molar-refractivity contribution in [2.24, 2.45) is 0 Å². The number of nitrogens with one attached hydrogen (secondary N) is 1. The average Bonchev–Trinajstić information content (AvgIpc) is 2.34. The van der Waals surface area contributed by atoms with E-state index in [1.165, 1.54) is 6.07 Å². The highest BCUT2D eigenvalue weighted by Gasteiger charge is 2.32. The van der Waals surface area contributed by atoms with Gasteiger partial charge < -0.3 is 10.4 Å². The van der Waals surface area contributed by atoms with E-state index < -0.39 is 28.8 Å². The van der Waals surface area contributed by atoms with Crippen LogP contribution in [0, 0.1) is 11.6 Å². The summed E-state index contributed by atoms with van der Waals surface area (Å²) in [5.41, 5.74) is -1.49. The van der Waals surface area contributed by atoms with E-state index in [9.17, 15) is 18.7 Å². The first-order valence-corrected chi connectivity index (χ1v) is 6.46. The van der Waals surface area contributed by atoms with Crippen molar-refractivity contribution in [3.8, 4) is 0 Å². The minimum Gasteiger partial charge on any atom is -0.389 e. The van der Waals surface area contributed by atoms with Crippen molar-refractivity contribution in [3.63, 3.8) is 0 Å². The number of amides is 1. The molecule has 5 heteroatoms. The van der Waals surface area contributed by atoms with E-state index in [0.29, 0.717) is 12.8 Å². The quantitative estimate of drug-likeness (QED) is 0.886. The highest BCUT2D eigenvalue weighted by molar-refractivity contribution is 5.91. The molecule has 2 rings (SSSR count). The lowest BCUT2D eigenvalue weighted by atomic mass is 9.82. The van der Waals surface area contributed by atoms with Crippen LogP contribution in [0.5, 0.6) is 0 Å². The summed E-state index contributed by atoms with van der Waals surface area (Å²) in [5.74, 6) is -2.19. The molecule has 0 heterocycles. The van der Waals surface area contributed by atoms with Crippen molar-refractivity contribution in [1.82, 2.24) is 0 Å². The molecule has 104 valence electrons. The van der Waals surface area contributed by atoms with E-state index in [0.717, 1.165) is 31.4 Å². The Bertz CT molecular complexity index is 450. The predicted molar refractivity (Wildman–Crippen MR) is 67.6 cm³/mol. The Hall–Kier alpha value is -1.49. The topological polar surface area (TPSA) is 49.3 Å². The van der Waals surface area contributed by atoms with Crippen LogP contribution in [0.3, 0.4) is 0 Å². The third kappa shape index (κ3) is 3.50. The minimum atomic E-state index is -1.04. The third-order valence-corrected chi connectivity index (χ3v) is 3.50. The molecule has 1 saturated carbocycles. The van der Waals surface area contributed by atoms with Crippen molar-refractivity contribution >= 4 is 11.6 Å². The molecule has 1 aromatic carbocycles. The SMILES string of the molecule is O=C(CC1(O)CCCCC1)Nc1c(F)cccc1F. The van der Waals surface area contributed by atoms with E-state index in [-0.39, 0.29) is 6.42 Å². The van der Waals surface area contributed by atoms with Gasteiger partial charge >= 0.3 is 0 Å². The lowest BCUT2D eigenvalue weighted by molar-refractivity contribution is -0.122. The second-order valence-electron chi connectivity index (χ2n) is 5.11. The maximum atomic E-state index is 13.4. The molecule has 0 aliphatic heterocycles. The summed E-state index contributed by atoms with van der Waals surface area (Å²) in [4.78, 5) is 11.8. The van der Waals surface area contributed by atoms with Gasteiger partial charge in [0.25, 0.3) is 0 Å². The molecule has 0 aromatic heterocycles. The number of benzene rings is 1. The average molecular weight is 269 g/mol. The fourth-order valence-electron chi connectivity index (χ4n) is 2.49. The van der Waals surface area contributed by atoms with Crippen molar-refractivity contribution in [1.29, 1.82) is 0 Å². The Labute approximate surface area is 110 Å². The van der Waals surface area contributed by atoms with Gasteiger partial charge in [-0.15, -0.1) is 0 Å². The van der Waals surface area contributed by atoms with E-state index in [4.69, 9.17) is 0 Å². The van der Waals surface area contributed by atoms with E-state index in [2.05, 4.69) is 5.32 Å². The summed E-state index contributed by atoms with van der Waals surface area (Å²) in [6.07, 6.45) is 3.78. The molecule has 0 radical (unpaired) electrons. The fourth-order valence-corrected chi connectivity index (χ4v) is 2.49. The Kier molecular flexibility index (Phi) is 4.14. The summed E-state index contributed by atoms with van der Waals surface area (Å²) in [7, 11) is 0. The van der Waals surface area contributed by atoms with Crippen LogP contribution in [-0.2, 0) is 4.79 Å². The number of halogens is 2. The van der Waals surface area contributed by atoms with E-state index in [1.807, 2.05) is 0 Å². The standard InChI is InChI=1S/C14H17F2NO2/c15-10-5-4-6-11(16)13(10)17-12(18)9-14(19)7-2-1-3-8-14/h4-6,19H,1-3,7-9H2,(H,17,18). The predicted octanol–water partition coefficient (Wildman–Crippen LogP) is 2.99. The molecule has 0 bridgehead atoms. The van der Waals surface area contributed by atoms with Crippen molar-refractivity contribution in [3.05, 3.63) is 29.8 Å². The minimum absolute atomic E-state index is 0.124. The molecule has 0 spiro atoms. The Morgan fingerprint density at radius 2 is 1.79 bits per heavy atom. The molecule has 1 aromatic rings. The first-order chi connectivity index (χ1) is 9.00. The van der Waals surface area contributed by atoms with Crippen molar-refractivity contribution in [2.45, 2.75) is 44.1 Å². The molecular weight excluding hydrogens is 252 g/mol. The molecule has 1 fully saturated rings. The maximum absolute atomic E-state index is 13.4. The zero-order valence-electron chi connectivity index (χ0n) is 10.6. The monoisotopic (exact) mass is 269 g/mol. The van der Waals surface area contributed by atoms with Gasteiger partial charge in [-0.1, -0.05) is 25.3 Å². The van der Waals surface area contributed by atoms with Crippen LogP contribution in [0.2, 0.25) is 0 Å². The number of carbonyl (C=O) groups excluding carboxylic acids is 1. The fraction of sp³-hybridized carbons (Fsp3) is 0.500. The van der Waals surface area contributed by atoms with Gasteiger partial charge in [-0.3, -0.25) is 4.79 Å². The number of para-hydroxylation sites is 1. The second-order valence-corrected chi connectivity index (χ2v) is 5.11. The Balaban J connectivity index is 2.01. The number of anilines is 1. The Morgan fingerprint density at radius 3 is 2.37 bits per heavy atom. The molecule has 0 atom stereocenters. The number of hydrogen-bond acceptors (Lipinski definition) is 2. The van der Waals surface area contributed by atoms with Crippen LogP contribution in [0.1, 0.15) is 38.5 Å². The molecule has 1 aliphatic rings. The van der Waals surface area contributed by atoms with Crippen LogP contribution >= 0.6 is 0 Å². The smallest absolute Gasteiger partial charge is 0.227 e. The summed E-state index contributed by atoms with van der Waals surface area (Å²) >= 11 is 0. The maximum Gasteiger partial charge on any atom is 0.227 e. The number of aliphatic hydroxyl groups is 1. The second kappa shape index (κ2) is 5.65.